The SMILES string of the molecule is CN(C)CCC(=O)NC(Cc1ccccc1)C(=O)O. The molecule has 1 amide bonds. The van der Waals surface area contributed by atoms with Crippen LogP contribution in [0.4, 0.5) is 0 Å². The zero-order chi connectivity index (χ0) is 14.3. The van der Waals surface area contributed by atoms with Gasteiger partial charge in [-0.3, -0.25) is 4.79 Å². The average molecular weight is 264 g/mol. The molecule has 1 rings (SSSR count). The molecule has 0 aliphatic rings. The second kappa shape index (κ2) is 7.53. The minimum Gasteiger partial charge on any atom is -0.480 e. The zero-order valence-electron chi connectivity index (χ0n) is 11.3. The Kier molecular flexibility index (Phi) is 6.02. The van der Waals surface area contributed by atoms with E-state index in [-0.39, 0.29) is 5.91 Å². The highest BCUT2D eigenvalue weighted by Gasteiger charge is 2.20. The van der Waals surface area contributed by atoms with Crippen molar-refractivity contribution in [1.82, 2.24) is 10.2 Å². The van der Waals surface area contributed by atoms with Crippen molar-refractivity contribution in [3.8, 4) is 0 Å². The first-order chi connectivity index (χ1) is 8.99. The number of nitrogens with one attached hydrogen (secondary N) is 1. The van der Waals surface area contributed by atoms with Gasteiger partial charge in [-0.2, -0.15) is 0 Å². The van der Waals surface area contributed by atoms with Crippen LogP contribution in [0.3, 0.4) is 0 Å². The van der Waals surface area contributed by atoms with Crippen molar-refractivity contribution in [2.24, 2.45) is 0 Å². The second-order valence-corrected chi connectivity index (χ2v) is 4.70. The van der Waals surface area contributed by atoms with E-state index in [1.165, 1.54) is 0 Å². The van der Waals surface area contributed by atoms with Gasteiger partial charge in [0.1, 0.15) is 6.04 Å². The van der Waals surface area contributed by atoms with Gasteiger partial charge in [0.05, 0.1) is 0 Å². The third-order valence-electron chi connectivity index (χ3n) is 2.70. The van der Waals surface area contributed by atoms with Crippen molar-refractivity contribution < 1.29 is 14.7 Å². The summed E-state index contributed by atoms with van der Waals surface area (Å²) in [6.07, 6.45) is 0.593. The lowest BCUT2D eigenvalue weighted by Gasteiger charge is -2.15. The molecule has 1 aromatic rings. The average Bonchev–Trinajstić information content (AvgIpc) is 2.36. The lowest BCUT2D eigenvalue weighted by molar-refractivity contribution is -0.141. The Labute approximate surface area is 113 Å². The van der Waals surface area contributed by atoms with Crippen LogP contribution in [-0.4, -0.2) is 48.6 Å². The summed E-state index contributed by atoms with van der Waals surface area (Å²) in [5.41, 5.74) is 0.891. The van der Waals surface area contributed by atoms with Gasteiger partial charge in [-0.25, -0.2) is 4.79 Å². The van der Waals surface area contributed by atoms with Crippen LogP contribution in [0.25, 0.3) is 0 Å². The summed E-state index contributed by atoms with van der Waals surface area (Å²) in [6.45, 7) is 0.601. The third-order valence-corrected chi connectivity index (χ3v) is 2.70. The molecule has 1 aromatic carbocycles. The zero-order valence-corrected chi connectivity index (χ0v) is 11.3. The van der Waals surface area contributed by atoms with Crippen molar-refractivity contribution in [3.63, 3.8) is 0 Å². The summed E-state index contributed by atoms with van der Waals surface area (Å²) in [6, 6.07) is 8.39. The predicted molar refractivity (Wildman–Crippen MR) is 72.9 cm³/mol. The molecule has 0 saturated carbocycles. The quantitative estimate of drug-likeness (QED) is 0.762. The minimum atomic E-state index is -1.01. The van der Waals surface area contributed by atoms with E-state index in [0.717, 1.165) is 5.56 Å². The summed E-state index contributed by atoms with van der Waals surface area (Å²) in [4.78, 5) is 24.7. The second-order valence-electron chi connectivity index (χ2n) is 4.70. The molecule has 0 bridgehead atoms. The molecule has 0 radical (unpaired) electrons. The molecule has 0 spiro atoms. The van der Waals surface area contributed by atoms with Crippen molar-refractivity contribution in [3.05, 3.63) is 35.9 Å². The molecule has 2 N–H and O–H groups in total. The van der Waals surface area contributed by atoms with Crippen molar-refractivity contribution in [2.75, 3.05) is 20.6 Å². The van der Waals surface area contributed by atoms with Gasteiger partial charge < -0.3 is 15.3 Å². The largest absolute Gasteiger partial charge is 0.480 e. The number of nitrogens with zero attached hydrogens (tertiary/aromatic N) is 1. The predicted octanol–water partition coefficient (Wildman–Crippen LogP) is 0.750. The molecule has 0 saturated heterocycles. The fraction of sp³-hybridized carbons (Fsp3) is 0.429. The lowest BCUT2D eigenvalue weighted by atomic mass is 10.1. The summed E-state index contributed by atoms with van der Waals surface area (Å²) in [7, 11) is 3.73. The maximum atomic E-state index is 11.7. The van der Waals surface area contributed by atoms with Gasteiger partial charge in [-0.1, -0.05) is 30.3 Å². The molecule has 19 heavy (non-hydrogen) atoms. The highest BCUT2D eigenvalue weighted by molar-refractivity contribution is 5.83. The summed E-state index contributed by atoms with van der Waals surface area (Å²) in [5, 5.41) is 11.7. The smallest absolute Gasteiger partial charge is 0.326 e. The van der Waals surface area contributed by atoms with Gasteiger partial charge >= 0.3 is 5.97 Å². The molecule has 5 nitrogen and oxygen atoms in total. The van der Waals surface area contributed by atoms with Crippen LogP contribution in [0.2, 0.25) is 0 Å². The number of amides is 1. The topological polar surface area (TPSA) is 69.6 Å². The monoisotopic (exact) mass is 264 g/mol. The van der Waals surface area contributed by atoms with Gasteiger partial charge in [-0.15, -0.1) is 0 Å². The molecule has 0 aliphatic heterocycles. The number of carbonyl (C=O) groups excluding carboxylic acids is 1. The highest BCUT2D eigenvalue weighted by atomic mass is 16.4. The van der Waals surface area contributed by atoms with E-state index in [0.29, 0.717) is 19.4 Å². The number of rotatable bonds is 7. The normalized spacial score (nSPS) is 12.2. The van der Waals surface area contributed by atoms with Crippen LogP contribution in [0, 0.1) is 0 Å². The van der Waals surface area contributed by atoms with E-state index >= 15 is 0 Å². The lowest BCUT2D eigenvalue weighted by Crippen LogP contribution is -2.43. The Morgan fingerprint density at radius 2 is 1.89 bits per heavy atom. The van der Waals surface area contributed by atoms with E-state index < -0.39 is 12.0 Å². The van der Waals surface area contributed by atoms with E-state index in [1.807, 2.05) is 49.3 Å². The maximum absolute atomic E-state index is 11.7. The van der Waals surface area contributed by atoms with Crippen LogP contribution in [0.1, 0.15) is 12.0 Å². The Bertz CT molecular complexity index is 418. The van der Waals surface area contributed by atoms with E-state index in [4.69, 9.17) is 5.11 Å². The van der Waals surface area contributed by atoms with Gasteiger partial charge in [0.25, 0.3) is 0 Å². The van der Waals surface area contributed by atoms with Gasteiger partial charge in [-0.05, 0) is 19.7 Å². The highest BCUT2D eigenvalue weighted by Crippen LogP contribution is 2.03. The van der Waals surface area contributed by atoms with Crippen LogP contribution >= 0.6 is 0 Å². The number of hydrogen-bond donors (Lipinski definition) is 2. The van der Waals surface area contributed by atoms with Crippen LogP contribution in [-0.2, 0) is 16.0 Å². The number of carboxylic acid groups (broad SMARTS) is 1. The molecular weight excluding hydrogens is 244 g/mol. The summed E-state index contributed by atoms with van der Waals surface area (Å²) >= 11 is 0. The fourth-order valence-corrected chi connectivity index (χ4v) is 1.64. The van der Waals surface area contributed by atoms with Gasteiger partial charge in [0.2, 0.25) is 5.91 Å². The molecule has 0 heterocycles. The number of carboxylic acids is 1. The summed E-state index contributed by atoms with van der Waals surface area (Å²) in [5.74, 6) is -1.25. The van der Waals surface area contributed by atoms with E-state index in [9.17, 15) is 9.59 Å². The van der Waals surface area contributed by atoms with Crippen molar-refractivity contribution in [1.29, 1.82) is 0 Å². The number of carbonyl (C=O) groups is 2. The number of hydrogen-bond acceptors (Lipinski definition) is 3. The maximum Gasteiger partial charge on any atom is 0.326 e. The van der Waals surface area contributed by atoms with Crippen molar-refractivity contribution >= 4 is 11.9 Å². The molecule has 0 fully saturated rings. The standard InChI is InChI=1S/C14H20N2O3/c1-16(2)9-8-13(17)15-12(14(18)19)10-11-6-4-3-5-7-11/h3-7,12H,8-10H2,1-2H3,(H,15,17)(H,18,19). The Morgan fingerprint density at radius 3 is 2.42 bits per heavy atom. The number of aliphatic carboxylic acids is 1. The van der Waals surface area contributed by atoms with Crippen LogP contribution in [0.5, 0.6) is 0 Å². The van der Waals surface area contributed by atoms with Gasteiger partial charge in [0.15, 0.2) is 0 Å². The van der Waals surface area contributed by atoms with Crippen LogP contribution < -0.4 is 5.32 Å². The Balaban J connectivity index is 2.54. The Hall–Kier alpha value is -1.88. The fourth-order valence-electron chi connectivity index (χ4n) is 1.64. The number of benzene rings is 1. The first-order valence-electron chi connectivity index (χ1n) is 6.20. The molecule has 0 aromatic heterocycles. The summed E-state index contributed by atoms with van der Waals surface area (Å²) < 4.78 is 0. The van der Waals surface area contributed by atoms with Gasteiger partial charge in [0, 0.05) is 19.4 Å². The first kappa shape index (κ1) is 15.2. The van der Waals surface area contributed by atoms with E-state index in [2.05, 4.69) is 5.32 Å². The molecular formula is C14H20N2O3. The molecule has 1 unspecified atom stereocenters. The molecule has 1 atom stereocenters. The third kappa shape index (κ3) is 6.01. The van der Waals surface area contributed by atoms with Crippen LogP contribution in [0.15, 0.2) is 30.3 Å². The molecule has 0 aliphatic carbocycles. The van der Waals surface area contributed by atoms with E-state index in [1.54, 1.807) is 0 Å². The molecule has 104 valence electrons. The minimum absolute atomic E-state index is 0.239. The molecule has 5 heteroatoms. The first-order valence-corrected chi connectivity index (χ1v) is 6.20. The Morgan fingerprint density at radius 1 is 1.26 bits per heavy atom. The van der Waals surface area contributed by atoms with Crippen molar-refractivity contribution in [2.45, 2.75) is 18.9 Å².